The number of nitrogens with one attached hydrogen (secondary N) is 1. The van der Waals surface area contributed by atoms with E-state index >= 15 is 0 Å². The van der Waals surface area contributed by atoms with Gasteiger partial charge in [-0.3, -0.25) is 9.59 Å². The Morgan fingerprint density at radius 3 is 1.84 bits per heavy atom. The molecule has 7 nitrogen and oxygen atoms in total. The van der Waals surface area contributed by atoms with Crippen molar-refractivity contribution in [2.45, 2.75) is 30.9 Å². The van der Waals surface area contributed by atoms with Crippen LogP contribution in [0.3, 0.4) is 0 Å². The smallest absolute Gasteiger partial charge is 0.366 e. The highest BCUT2D eigenvalue weighted by Crippen LogP contribution is 2.58. The molecule has 0 saturated heterocycles. The quantitative estimate of drug-likeness (QED) is 0.269. The van der Waals surface area contributed by atoms with Crippen molar-refractivity contribution in [2.24, 2.45) is 5.73 Å². The van der Waals surface area contributed by atoms with Gasteiger partial charge in [0, 0.05) is 27.8 Å². The standard InChI is InChI=1S/C28H13ClF9N5O2/c1-12-18(23(42)44)5-4-15(10-40)21(12)19-7-13(2-3-14(19)9-39)24(45)43-22-16(11-41)6-17(8-20(22)29)25(30,27(33,34)35)26(31,32)28(36,37)38/h2-8H,1H3,(H2,42,44)(H,43,45). The molecule has 1 unspecified atom stereocenters. The Balaban J connectivity index is 2.19. The minimum absolute atomic E-state index is 0.0251. The second kappa shape index (κ2) is 11.7. The Hall–Kier alpha value is -5.27. The van der Waals surface area contributed by atoms with Crippen LogP contribution >= 0.6 is 11.6 Å². The number of nitrogens with zero attached hydrogens (tertiary/aromatic N) is 3. The van der Waals surface area contributed by atoms with E-state index in [1.54, 1.807) is 0 Å². The summed E-state index contributed by atoms with van der Waals surface area (Å²) < 4.78 is 122. The highest BCUT2D eigenvalue weighted by Gasteiger charge is 2.81. The van der Waals surface area contributed by atoms with Crippen molar-refractivity contribution in [3.05, 3.63) is 86.4 Å². The lowest BCUT2D eigenvalue weighted by molar-refractivity contribution is -0.389. The zero-order valence-electron chi connectivity index (χ0n) is 22.1. The molecule has 0 aliphatic rings. The van der Waals surface area contributed by atoms with Gasteiger partial charge < -0.3 is 11.1 Å². The third kappa shape index (κ3) is 5.70. The first-order valence-electron chi connectivity index (χ1n) is 11.8. The molecule has 2 amide bonds. The molecule has 3 N–H and O–H groups in total. The molecule has 3 aromatic rings. The van der Waals surface area contributed by atoms with Crippen LogP contribution in [0.25, 0.3) is 11.1 Å². The molecular formula is C28H13ClF9N5O2. The van der Waals surface area contributed by atoms with Gasteiger partial charge in [0.05, 0.1) is 39.5 Å². The zero-order chi connectivity index (χ0) is 34.3. The number of nitriles is 3. The molecule has 45 heavy (non-hydrogen) atoms. The summed E-state index contributed by atoms with van der Waals surface area (Å²) in [6.45, 7) is 1.40. The van der Waals surface area contributed by atoms with E-state index in [2.05, 4.69) is 0 Å². The predicted molar refractivity (Wildman–Crippen MR) is 139 cm³/mol. The third-order valence-electron chi connectivity index (χ3n) is 6.55. The van der Waals surface area contributed by atoms with Crippen molar-refractivity contribution < 1.29 is 49.1 Å². The molecular weight excluding hydrogens is 645 g/mol. The molecule has 3 aromatic carbocycles. The minimum atomic E-state index is -7.04. The highest BCUT2D eigenvalue weighted by atomic mass is 35.5. The van der Waals surface area contributed by atoms with Gasteiger partial charge in [-0.25, -0.2) is 4.39 Å². The number of hydrogen-bond acceptors (Lipinski definition) is 5. The van der Waals surface area contributed by atoms with Crippen LogP contribution in [0.5, 0.6) is 0 Å². The number of halogens is 10. The van der Waals surface area contributed by atoms with Crippen molar-refractivity contribution >= 4 is 29.1 Å². The van der Waals surface area contributed by atoms with Gasteiger partial charge in [0.1, 0.15) is 6.07 Å². The van der Waals surface area contributed by atoms with Gasteiger partial charge in [-0.2, -0.15) is 50.9 Å². The number of primary amides is 1. The summed E-state index contributed by atoms with van der Waals surface area (Å²) in [5.74, 6) is -9.13. The van der Waals surface area contributed by atoms with E-state index in [-0.39, 0.29) is 51.1 Å². The molecule has 0 aliphatic heterocycles. The highest BCUT2D eigenvalue weighted by molar-refractivity contribution is 6.34. The SMILES string of the molecule is Cc1c(C(N)=O)ccc(C#N)c1-c1cc(C(=O)Nc2c(Cl)cc(C(F)(C(F)(F)F)C(F)(F)C(F)(F)F)cc2C#N)ccc1C#N. The predicted octanol–water partition coefficient (Wildman–Crippen LogP) is 7.21. The fraction of sp³-hybridized carbons (Fsp3) is 0.179. The fourth-order valence-corrected chi connectivity index (χ4v) is 4.60. The number of nitrogens with two attached hydrogens (primary N) is 1. The maximum absolute atomic E-state index is 15.0. The Morgan fingerprint density at radius 1 is 0.800 bits per heavy atom. The normalized spacial score (nSPS) is 13.2. The van der Waals surface area contributed by atoms with Crippen LogP contribution in [0.1, 0.15) is 48.5 Å². The van der Waals surface area contributed by atoms with E-state index in [0.29, 0.717) is 0 Å². The van der Waals surface area contributed by atoms with Crippen LogP contribution in [0.4, 0.5) is 45.2 Å². The van der Waals surface area contributed by atoms with E-state index < -0.39 is 57.6 Å². The summed E-state index contributed by atoms with van der Waals surface area (Å²) in [6.07, 6.45) is -13.9. The summed E-state index contributed by atoms with van der Waals surface area (Å²) in [5.41, 5.74) is -5.95. The topological polar surface area (TPSA) is 144 Å². The number of carbonyl (C=O) groups excluding carboxylic acids is 2. The largest absolute Gasteiger partial charge is 0.457 e. The van der Waals surface area contributed by atoms with Crippen LogP contribution in [0.2, 0.25) is 5.02 Å². The van der Waals surface area contributed by atoms with Crippen LogP contribution in [-0.4, -0.2) is 30.1 Å². The average Bonchev–Trinajstić information content (AvgIpc) is 2.95. The molecule has 232 valence electrons. The lowest BCUT2D eigenvalue weighted by Gasteiger charge is -2.36. The van der Waals surface area contributed by atoms with Crippen LogP contribution in [-0.2, 0) is 5.67 Å². The van der Waals surface area contributed by atoms with E-state index in [1.807, 2.05) is 17.5 Å². The third-order valence-corrected chi connectivity index (χ3v) is 6.85. The fourth-order valence-electron chi connectivity index (χ4n) is 4.33. The van der Waals surface area contributed by atoms with Crippen molar-refractivity contribution in [3.8, 4) is 29.3 Å². The van der Waals surface area contributed by atoms with Crippen LogP contribution in [0, 0.1) is 40.9 Å². The van der Waals surface area contributed by atoms with Gasteiger partial charge in [-0.05, 0) is 55.0 Å². The molecule has 0 aromatic heterocycles. The number of amides is 2. The molecule has 0 spiro atoms. The van der Waals surface area contributed by atoms with E-state index in [1.165, 1.54) is 19.1 Å². The molecule has 0 bridgehead atoms. The number of rotatable bonds is 6. The van der Waals surface area contributed by atoms with Crippen LogP contribution < -0.4 is 11.1 Å². The zero-order valence-corrected chi connectivity index (χ0v) is 22.8. The first-order valence-corrected chi connectivity index (χ1v) is 12.2. The molecule has 3 rings (SSSR count). The molecule has 0 saturated carbocycles. The first kappa shape index (κ1) is 34.2. The van der Waals surface area contributed by atoms with Gasteiger partial charge in [0.2, 0.25) is 5.91 Å². The van der Waals surface area contributed by atoms with Gasteiger partial charge in [-0.1, -0.05) is 11.6 Å². The number of carbonyl (C=O) groups is 2. The monoisotopic (exact) mass is 657 g/mol. The van der Waals surface area contributed by atoms with Crippen molar-refractivity contribution in [1.29, 1.82) is 15.8 Å². The van der Waals surface area contributed by atoms with Crippen molar-refractivity contribution in [3.63, 3.8) is 0 Å². The molecule has 0 aliphatic carbocycles. The van der Waals surface area contributed by atoms with E-state index in [4.69, 9.17) is 17.3 Å². The Labute approximate surface area is 251 Å². The van der Waals surface area contributed by atoms with Gasteiger partial charge in [-0.15, -0.1) is 0 Å². The summed E-state index contributed by atoms with van der Waals surface area (Å²) in [4.78, 5) is 25.0. The van der Waals surface area contributed by atoms with E-state index in [9.17, 15) is 64.9 Å². The second-order valence-corrected chi connectivity index (χ2v) is 9.59. The Kier molecular flexibility index (Phi) is 8.88. The second-order valence-electron chi connectivity index (χ2n) is 9.18. The van der Waals surface area contributed by atoms with Crippen molar-refractivity contribution in [1.82, 2.24) is 0 Å². The maximum atomic E-state index is 15.0. The summed E-state index contributed by atoms with van der Waals surface area (Å²) in [6, 6.07) is 10.0. The Bertz CT molecular complexity index is 1870. The lowest BCUT2D eigenvalue weighted by Crippen LogP contribution is -2.59. The average molecular weight is 658 g/mol. The van der Waals surface area contributed by atoms with Crippen LogP contribution in [0.15, 0.2) is 42.5 Å². The minimum Gasteiger partial charge on any atom is -0.366 e. The summed E-state index contributed by atoms with van der Waals surface area (Å²) in [5, 5.41) is 29.4. The molecule has 1 atom stereocenters. The summed E-state index contributed by atoms with van der Waals surface area (Å²) >= 11 is 5.80. The molecule has 0 heterocycles. The number of anilines is 1. The molecule has 0 fully saturated rings. The van der Waals surface area contributed by atoms with Crippen molar-refractivity contribution in [2.75, 3.05) is 5.32 Å². The Morgan fingerprint density at radius 2 is 1.36 bits per heavy atom. The molecule has 0 radical (unpaired) electrons. The number of hydrogen-bond donors (Lipinski definition) is 2. The first-order chi connectivity index (χ1) is 20.7. The van der Waals surface area contributed by atoms with Gasteiger partial charge >= 0.3 is 23.9 Å². The van der Waals surface area contributed by atoms with Gasteiger partial charge in [0.15, 0.2) is 0 Å². The molecule has 17 heteroatoms. The van der Waals surface area contributed by atoms with E-state index in [0.717, 1.165) is 24.3 Å². The number of alkyl halides is 9. The lowest BCUT2D eigenvalue weighted by atomic mass is 9.86. The van der Waals surface area contributed by atoms with Gasteiger partial charge in [0.25, 0.3) is 5.91 Å². The number of benzene rings is 3. The maximum Gasteiger partial charge on any atom is 0.457 e. The summed E-state index contributed by atoms with van der Waals surface area (Å²) in [7, 11) is 0.